The Morgan fingerprint density at radius 3 is 2.46 bits per heavy atom. The number of hydrogen-bond donors (Lipinski definition) is 0. The Balaban J connectivity index is 2.07. The van der Waals surface area contributed by atoms with Gasteiger partial charge in [0.15, 0.2) is 11.0 Å². The monoisotopic (exact) mass is 354 g/mol. The number of aryl methyl sites for hydroxylation is 1. The molecule has 24 heavy (non-hydrogen) atoms. The first-order valence-electron chi connectivity index (χ1n) is 7.47. The summed E-state index contributed by atoms with van der Waals surface area (Å²) in [6, 6.07) is 17.9. The zero-order valence-electron chi connectivity index (χ0n) is 13.1. The van der Waals surface area contributed by atoms with Crippen molar-refractivity contribution in [1.29, 1.82) is 5.26 Å². The predicted molar refractivity (Wildman–Crippen MR) is 97.5 cm³/mol. The van der Waals surface area contributed by atoms with E-state index in [1.54, 1.807) is 0 Å². The quantitative estimate of drug-likeness (QED) is 0.483. The molecule has 0 unspecified atom stereocenters. The lowest BCUT2D eigenvalue weighted by atomic mass is 10.2. The van der Waals surface area contributed by atoms with E-state index in [9.17, 15) is 0 Å². The number of nitrogens with zero attached hydrogens (tertiary/aromatic N) is 4. The molecule has 0 aliphatic carbocycles. The van der Waals surface area contributed by atoms with Crippen molar-refractivity contribution in [3.05, 3.63) is 59.1 Å². The van der Waals surface area contributed by atoms with Gasteiger partial charge in [0.25, 0.3) is 0 Å². The van der Waals surface area contributed by atoms with Crippen molar-refractivity contribution in [1.82, 2.24) is 14.8 Å². The topological polar surface area (TPSA) is 54.5 Å². The van der Waals surface area contributed by atoms with Crippen molar-refractivity contribution in [3.63, 3.8) is 0 Å². The van der Waals surface area contributed by atoms with E-state index >= 15 is 0 Å². The lowest BCUT2D eigenvalue weighted by molar-refractivity contribution is 0.885. The first-order valence-corrected chi connectivity index (χ1v) is 8.83. The maximum atomic E-state index is 8.75. The van der Waals surface area contributed by atoms with Crippen LogP contribution in [0.1, 0.15) is 12.0 Å². The molecule has 6 heteroatoms. The minimum atomic E-state index is 0.474. The van der Waals surface area contributed by atoms with Gasteiger partial charge in [-0.2, -0.15) is 5.26 Å². The third-order valence-electron chi connectivity index (χ3n) is 3.47. The lowest BCUT2D eigenvalue weighted by Gasteiger charge is -2.10. The van der Waals surface area contributed by atoms with Crippen LogP contribution in [-0.2, 0) is 0 Å². The molecule has 0 saturated heterocycles. The number of halogens is 1. The summed E-state index contributed by atoms with van der Waals surface area (Å²) >= 11 is 7.52. The van der Waals surface area contributed by atoms with E-state index < -0.39 is 0 Å². The standard InChI is InChI=1S/C18H15ClN4S/c1-13-3-9-16(10-4-13)23-17(14-5-7-15(19)8-6-14)21-22-18(23)24-12-2-11-20/h3-10H,2,12H2,1H3. The number of aromatic nitrogens is 3. The number of thioether (sulfide) groups is 1. The molecule has 0 atom stereocenters. The molecule has 0 amide bonds. The summed E-state index contributed by atoms with van der Waals surface area (Å²) < 4.78 is 2.02. The fraction of sp³-hybridized carbons (Fsp3) is 0.167. The zero-order valence-corrected chi connectivity index (χ0v) is 14.7. The summed E-state index contributed by atoms with van der Waals surface area (Å²) in [7, 11) is 0. The molecule has 0 N–H and O–H groups in total. The molecule has 0 fully saturated rings. The van der Waals surface area contributed by atoms with Gasteiger partial charge in [-0.3, -0.25) is 4.57 Å². The van der Waals surface area contributed by atoms with Gasteiger partial charge in [-0.25, -0.2) is 0 Å². The van der Waals surface area contributed by atoms with Crippen molar-refractivity contribution in [2.75, 3.05) is 5.75 Å². The fourth-order valence-electron chi connectivity index (χ4n) is 2.26. The highest BCUT2D eigenvalue weighted by molar-refractivity contribution is 7.99. The summed E-state index contributed by atoms with van der Waals surface area (Å²) in [5, 5.41) is 18.9. The maximum Gasteiger partial charge on any atom is 0.196 e. The van der Waals surface area contributed by atoms with Gasteiger partial charge >= 0.3 is 0 Å². The van der Waals surface area contributed by atoms with Crippen LogP contribution in [0.4, 0.5) is 0 Å². The summed E-state index contributed by atoms with van der Waals surface area (Å²) in [5.74, 6) is 1.44. The lowest BCUT2D eigenvalue weighted by Crippen LogP contribution is -2.00. The van der Waals surface area contributed by atoms with Gasteiger partial charge in [-0.05, 0) is 43.3 Å². The van der Waals surface area contributed by atoms with Gasteiger partial charge in [0.1, 0.15) is 0 Å². The molecule has 0 spiro atoms. The first kappa shape index (κ1) is 16.6. The Morgan fingerprint density at radius 2 is 1.79 bits per heavy atom. The van der Waals surface area contributed by atoms with Crippen LogP contribution in [0, 0.1) is 18.3 Å². The normalized spacial score (nSPS) is 10.5. The Kier molecular flexibility index (Phi) is 5.19. The molecule has 0 radical (unpaired) electrons. The van der Waals surface area contributed by atoms with Gasteiger partial charge in [-0.1, -0.05) is 41.1 Å². The fourth-order valence-corrected chi connectivity index (χ4v) is 3.19. The highest BCUT2D eigenvalue weighted by atomic mass is 35.5. The molecular weight excluding hydrogens is 340 g/mol. The van der Waals surface area contributed by atoms with E-state index in [1.807, 2.05) is 41.0 Å². The predicted octanol–water partition coefficient (Wildman–Crippen LogP) is 4.90. The Morgan fingerprint density at radius 1 is 1.08 bits per heavy atom. The molecule has 1 aromatic heterocycles. The SMILES string of the molecule is Cc1ccc(-n2c(SCCC#N)nnc2-c2ccc(Cl)cc2)cc1. The molecule has 3 rings (SSSR count). The summed E-state index contributed by atoms with van der Waals surface area (Å²) in [6.07, 6.45) is 0.474. The van der Waals surface area contributed by atoms with E-state index in [0.29, 0.717) is 17.2 Å². The van der Waals surface area contributed by atoms with Crippen molar-refractivity contribution >= 4 is 23.4 Å². The number of nitriles is 1. The van der Waals surface area contributed by atoms with E-state index in [4.69, 9.17) is 16.9 Å². The third-order valence-corrected chi connectivity index (χ3v) is 4.66. The van der Waals surface area contributed by atoms with Gasteiger partial charge in [0.05, 0.1) is 6.07 Å². The Hall–Kier alpha value is -2.29. The van der Waals surface area contributed by atoms with Crippen molar-refractivity contribution in [2.45, 2.75) is 18.5 Å². The number of rotatable bonds is 5. The second-order valence-electron chi connectivity index (χ2n) is 5.24. The van der Waals surface area contributed by atoms with E-state index in [0.717, 1.165) is 22.2 Å². The number of hydrogen-bond acceptors (Lipinski definition) is 4. The van der Waals surface area contributed by atoms with Crippen molar-refractivity contribution in [3.8, 4) is 23.1 Å². The second kappa shape index (κ2) is 7.52. The van der Waals surface area contributed by atoms with Crippen LogP contribution in [0.2, 0.25) is 5.02 Å². The molecule has 120 valence electrons. The summed E-state index contributed by atoms with van der Waals surface area (Å²) in [6.45, 7) is 2.05. The molecule has 2 aromatic carbocycles. The second-order valence-corrected chi connectivity index (χ2v) is 6.74. The Bertz CT molecular complexity index is 864. The average Bonchev–Trinajstić information content (AvgIpc) is 3.00. The van der Waals surface area contributed by atoms with Crippen molar-refractivity contribution < 1.29 is 0 Å². The maximum absolute atomic E-state index is 8.75. The van der Waals surface area contributed by atoms with E-state index in [2.05, 4.69) is 35.3 Å². The summed E-state index contributed by atoms with van der Waals surface area (Å²) in [4.78, 5) is 0. The van der Waals surface area contributed by atoms with Crippen LogP contribution >= 0.6 is 23.4 Å². The van der Waals surface area contributed by atoms with Crippen molar-refractivity contribution in [2.24, 2.45) is 0 Å². The minimum absolute atomic E-state index is 0.474. The van der Waals surface area contributed by atoms with Crippen LogP contribution < -0.4 is 0 Å². The summed E-state index contributed by atoms with van der Waals surface area (Å²) in [5.41, 5.74) is 3.13. The largest absolute Gasteiger partial charge is 0.270 e. The van der Waals surface area contributed by atoms with Gasteiger partial charge < -0.3 is 0 Å². The van der Waals surface area contributed by atoms with Crippen LogP contribution in [0.15, 0.2) is 53.7 Å². The van der Waals surface area contributed by atoms with Gasteiger partial charge in [-0.15, -0.1) is 10.2 Å². The highest BCUT2D eigenvalue weighted by Gasteiger charge is 2.16. The molecule has 0 saturated carbocycles. The van der Waals surface area contributed by atoms with Crippen LogP contribution in [0.5, 0.6) is 0 Å². The average molecular weight is 355 g/mol. The van der Waals surface area contributed by atoms with Crippen LogP contribution in [0.25, 0.3) is 17.1 Å². The minimum Gasteiger partial charge on any atom is -0.270 e. The smallest absolute Gasteiger partial charge is 0.196 e. The third kappa shape index (κ3) is 3.61. The molecular formula is C18H15ClN4S. The molecule has 0 bridgehead atoms. The first-order chi connectivity index (χ1) is 11.7. The van der Waals surface area contributed by atoms with Gasteiger partial charge in [0, 0.05) is 28.4 Å². The molecule has 0 aliphatic rings. The molecule has 0 aliphatic heterocycles. The molecule has 1 heterocycles. The van der Waals surface area contributed by atoms with Crippen LogP contribution in [-0.4, -0.2) is 20.5 Å². The Labute approximate surface area is 150 Å². The van der Waals surface area contributed by atoms with E-state index in [-0.39, 0.29) is 0 Å². The molecule has 4 nitrogen and oxygen atoms in total. The van der Waals surface area contributed by atoms with Gasteiger partial charge in [0.2, 0.25) is 0 Å². The molecule has 3 aromatic rings. The number of benzene rings is 2. The highest BCUT2D eigenvalue weighted by Crippen LogP contribution is 2.29. The van der Waals surface area contributed by atoms with E-state index in [1.165, 1.54) is 17.3 Å². The van der Waals surface area contributed by atoms with Crippen LogP contribution in [0.3, 0.4) is 0 Å². The zero-order chi connectivity index (χ0) is 16.9.